The summed E-state index contributed by atoms with van der Waals surface area (Å²) in [5, 5.41) is 26.0. The zero-order valence-corrected chi connectivity index (χ0v) is 19.5. The molecule has 0 aliphatic carbocycles. The van der Waals surface area contributed by atoms with E-state index in [1.165, 1.54) is 19.1 Å². The molecule has 1 aliphatic heterocycles. The van der Waals surface area contributed by atoms with Crippen molar-refractivity contribution >= 4 is 23.4 Å². The Hall–Kier alpha value is -3.37. The minimum Gasteiger partial charge on any atom is -0.506 e. The van der Waals surface area contributed by atoms with Gasteiger partial charge in [-0.25, -0.2) is 9.78 Å². The van der Waals surface area contributed by atoms with Gasteiger partial charge in [0.1, 0.15) is 30.0 Å². The van der Waals surface area contributed by atoms with E-state index in [-0.39, 0.29) is 36.0 Å². The van der Waals surface area contributed by atoms with Crippen molar-refractivity contribution in [1.29, 1.82) is 0 Å². The van der Waals surface area contributed by atoms with Crippen LogP contribution < -0.4 is 20.3 Å². The fourth-order valence-corrected chi connectivity index (χ4v) is 3.67. The van der Waals surface area contributed by atoms with Crippen LogP contribution in [0.5, 0.6) is 11.5 Å². The van der Waals surface area contributed by atoms with Crippen molar-refractivity contribution in [2.24, 2.45) is 0 Å². The van der Waals surface area contributed by atoms with Crippen molar-refractivity contribution in [2.75, 3.05) is 43.1 Å². The topological polar surface area (TPSA) is 133 Å². The molecule has 34 heavy (non-hydrogen) atoms. The van der Waals surface area contributed by atoms with Crippen molar-refractivity contribution in [1.82, 2.24) is 10.3 Å². The van der Waals surface area contributed by atoms with Crippen LogP contribution in [0.3, 0.4) is 0 Å². The third kappa shape index (κ3) is 7.32. The maximum atomic E-state index is 11.8. The first kappa shape index (κ1) is 25.3. The number of phenols is 1. The normalized spacial score (nSPS) is 15.0. The van der Waals surface area contributed by atoms with Crippen molar-refractivity contribution < 1.29 is 29.3 Å². The number of aliphatic hydroxyl groups is 1. The number of anilines is 2. The van der Waals surface area contributed by atoms with E-state index in [4.69, 9.17) is 9.47 Å². The Morgan fingerprint density at radius 1 is 1.24 bits per heavy atom. The van der Waals surface area contributed by atoms with E-state index in [0.717, 1.165) is 31.7 Å². The Kier molecular flexibility index (Phi) is 9.06. The molecule has 2 heterocycles. The number of benzene rings is 1. The predicted octanol–water partition coefficient (Wildman–Crippen LogP) is 1.92. The fourth-order valence-electron chi connectivity index (χ4n) is 3.67. The highest BCUT2D eigenvalue weighted by molar-refractivity contribution is 5.90. The predicted molar refractivity (Wildman–Crippen MR) is 127 cm³/mol. The second-order valence-electron chi connectivity index (χ2n) is 8.12. The van der Waals surface area contributed by atoms with E-state index < -0.39 is 6.10 Å². The first-order valence-corrected chi connectivity index (χ1v) is 11.4. The van der Waals surface area contributed by atoms with Gasteiger partial charge in [0.2, 0.25) is 5.91 Å². The average Bonchev–Trinajstić information content (AvgIpc) is 2.83. The molecular formula is C24H32N4O6. The number of esters is 1. The molecule has 1 atom stereocenters. The summed E-state index contributed by atoms with van der Waals surface area (Å²) < 4.78 is 10.6. The lowest BCUT2D eigenvalue weighted by atomic mass is 10.0. The first-order valence-electron chi connectivity index (χ1n) is 11.4. The number of phenolic OH excluding ortho intramolecular Hbond substituents is 1. The second-order valence-corrected chi connectivity index (χ2v) is 8.12. The minimum atomic E-state index is -0.715. The number of pyridine rings is 1. The largest absolute Gasteiger partial charge is 0.506 e. The lowest BCUT2D eigenvalue weighted by molar-refractivity contribution is -0.114. The molecule has 1 saturated heterocycles. The Balaban J connectivity index is 1.39. The number of ether oxygens (including phenoxy) is 2. The van der Waals surface area contributed by atoms with Gasteiger partial charge in [-0.05, 0) is 44.0 Å². The maximum Gasteiger partial charge on any atom is 0.339 e. The number of aromatic hydroxyl groups is 1. The van der Waals surface area contributed by atoms with Gasteiger partial charge in [-0.3, -0.25) is 4.79 Å². The Morgan fingerprint density at radius 2 is 2.00 bits per heavy atom. The van der Waals surface area contributed by atoms with Gasteiger partial charge < -0.3 is 35.2 Å². The molecule has 1 amide bonds. The third-order valence-corrected chi connectivity index (χ3v) is 5.44. The molecule has 4 N–H and O–H groups in total. The second kappa shape index (κ2) is 12.2. The van der Waals surface area contributed by atoms with Crippen molar-refractivity contribution in [3.8, 4) is 11.5 Å². The summed E-state index contributed by atoms with van der Waals surface area (Å²) in [7, 11) is 0. The zero-order chi connectivity index (χ0) is 24.5. The molecule has 1 fully saturated rings. The van der Waals surface area contributed by atoms with Crippen LogP contribution in [0.2, 0.25) is 0 Å². The van der Waals surface area contributed by atoms with Gasteiger partial charge in [-0.15, -0.1) is 0 Å². The maximum absolute atomic E-state index is 11.8. The molecule has 1 unspecified atom stereocenters. The summed E-state index contributed by atoms with van der Waals surface area (Å²) in [5.74, 6) is 0.543. The molecule has 10 heteroatoms. The van der Waals surface area contributed by atoms with Crippen molar-refractivity contribution in [3.05, 3.63) is 42.1 Å². The van der Waals surface area contributed by atoms with Crippen LogP contribution in [0.15, 0.2) is 36.5 Å². The van der Waals surface area contributed by atoms with Crippen LogP contribution in [0, 0.1) is 0 Å². The number of piperidine rings is 1. The number of amides is 1. The zero-order valence-electron chi connectivity index (χ0n) is 19.5. The molecule has 1 aliphatic rings. The molecule has 3 rings (SSSR count). The summed E-state index contributed by atoms with van der Waals surface area (Å²) in [4.78, 5) is 29.5. The van der Waals surface area contributed by atoms with E-state index in [9.17, 15) is 19.8 Å². The lowest BCUT2D eigenvalue weighted by Gasteiger charge is -2.33. The number of rotatable bonds is 10. The van der Waals surface area contributed by atoms with Gasteiger partial charge in [-0.2, -0.15) is 0 Å². The van der Waals surface area contributed by atoms with Crippen LogP contribution in [0.1, 0.15) is 37.0 Å². The number of hydrogen-bond donors (Lipinski definition) is 4. The number of carbonyl (C=O) groups excluding carboxylic acids is 2. The summed E-state index contributed by atoms with van der Waals surface area (Å²) in [6, 6.07) is 8.35. The highest BCUT2D eigenvalue weighted by Crippen LogP contribution is 2.28. The van der Waals surface area contributed by atoms with E-state index in [1.54, 1.807) is 25.3 Å². The Labute approximate surface area is 198 Å². The van der Waals surface area contributed by atoms with Crippen molar-refractivity contribution in [2.45, 2.75) is 38.8 Å². The quantitative estimate of drug-likeness (QED) is 0.302. The number of nitrogens with zero attached hydrogens (tertiary/aromatic N) is 2. The van der Waals surface area contributed by atoms with E-state index in [2.05, 4.69) is 20.5 Å². The van der Waals surface area contributed by atoms with Gasteiger partial charge >= 0.3 is 5.97 Å². The number of nitrogens with one attached hydrogen (secondary N) is 2. The molecule has 0 radical (unpaired) electrons. The molecule has 0 spiro atoms. The fraction of sp³-hybridized carbons (Fsp3) is 0.458. The van der Waals surface area contributed by atoms with Crippen LogP contribution in [-0.2, 0) is 9.53 Å². The van der Waals surface area contributed by atoms with E-state index >= 15 is 0 Å². The van der Waals surface area contributed by atoms with Gasteiger partial charge in [-0.1, -0.05) is 0 Å². The smallest absolute Gasteiger partial charge is 0.339 e. The van der Waals surface area contributed by atoms with Crippen LogP contribution in [0.25, 0.3) is 0 Å². The summed E-state index contributed by atoms with van der Waals surface area (Å²) in [6.07, 6.45) is 2.62. The summed E-state index contributed by atoms with van der Waals surface area (Å²) in [6.45, 7) is 5.54. The SMILES string of the molecule is CCOC(=O)c1ccc(N2CCC(NCC(O)COc3ccc(O)c(NC(C)=O)c3)CC2)nc1. The lowest BCUT2D eigenvalue weighted by Crippen LogP contribution is -2.45. The monoisotopic (exact) mass is 472 g/mol. The van der Waals surface area contributed by atoms with Crippen LogP contribution >= 0.6 is 0 Å². The molecule has 1 aromatic carbocycles. The highest BCUT2D eigenvalue weighted by Gasteiger charge is 2.21. The van der Waals surface area contributed by atoms with Gasteiger partial charge in [0, 0.05) is 44.9 Å². The summed E-state index contributed by atoms with van der Waals surface area (Å²) in [5.41, 5.74) is 0.700. The van der Waals surface area contributed by atoms with Crippen LogP contribution in [-0.4, -0.2) is 72.1 Å². The summed E-state index contributed by atoms with van der Waals surface area (Å²) >= 11 is 0. The number of aromatic nitrogens is 1. The average molecular weight is 473 g/mol. The van der Waals surface area contributed by atoms with Crippen LogP contribution in [0.4, 0.5) is 11.5 Å². The van der Waals surface area contributed by atoms with Crippen molar-refractivity contribution in [3.63, 3.8) is 0 Å². The Morgan fingerprint density at radius 3 is 2.65 bits per heavy atom. The molecule has 2 aromatic rings. The number of carbonyl (C=O) groups is 2. The van der Waals surface area contributed by atoms with Gasteiger partial charge in [0.05, 0.1) is 17.9 Å². The van der Waals surface area contributed by atoms with Gasteiger partial charge in [0.15, 0.2) is 0 Å². The Bertz CT molecular complexity index is 960. The molecule has 0 bridgehead atoms. The number of hydrogen-bond acceptors (Lipinski definition) is 9. The molecule has 184 valence electrons. The molecule has 1 aromatic heterocycles. The molecule has 0 saturated carbocycles. The molecule has 10 nitrogen and oxygen atoms in total. The molecular weight excluding hydrogens is 440 g/mol. The van der Waals surface area contributed by atoms with E-state index in [1.807, 2.05) is 6.07 Å². The third-order valence-electron chi connectivity index (χ3n) is 5.44. The number of aliphatic hydroxyl groups excluding tert-OH is 1. The standard InChI is InChI=1S/C24H32N4O6/c1-3-33-24(32)17-4-7-23(26-13-17)28-10-8-18(9-11-28)25-14-19(30)15-34-20-5-6-22(31)21(12-20)27-16(2)29/h4-7,12-13,18-19,25,30-31H,3,8-11,14-15H2,1-2H3,(H,27,29). The van der Waals surface area contributed by atoms with Gasteiger partial charge in [0.25, 0.3) is 0 Å². The highest BCUT2D eigenvalue weighted by atomic mass is 16.5. The minimum absolute atomic E-state index is 0.0544. The first-order chi connectivity index (χ1) is 16.4. The van der Waals surface area contributed by atoms with E-state index in [0.29, 0.717) is 24.5 Å².